The number of carbonyl (C=O) groups is 2. The van der Waals surface area contributed by atoms with Gasteiger partial charge < -0.3 is 14.8 Å². The van der Waals surface area contributed by atoms with Crippen molar-refractivity contribution in [1.29, 1.82) is 0 Å². The van der Waals surface area contributed by atoms with Gasteiger partial charge >= 0.3 is 12.1 Å². The first-order valence-electron chi connectivity index (χ1n) is 13.0. The van der Waals surface area contributed by atoms with Crippen molar-refractivity contribution in [3.8, 4) is 11.3 Å². The monoisotopic (exact) mass is 601 g/mol. The highest BCUT2D eigenvalue weighted by Crippen LogP contribution is 2.38. The van der Waals surface area contributed by atoms with E-state index in [0.29, 0.717) is 33.7 Å². The summed E-state index contributed by atoms with van der Waals surface area (Å²) in [5.41, 5.74) is 2.62. The molecule has 1 N–H and O–H groups in total. The number of halogens is 2. The van der Waals surface area contributed by atoms with Crippen molar-refractivity contribution in [2.24, 2.45) is 5.92 Å². The van der Waals surface area contributed by atoms with Gasteiger partial charge in [0.15, 0.2) is 5.13 Å². The first-order valence-corrected chi connectivity index (χ1v) is 14.5. The van der Waals surface area contributed by atoms with E-state index in [2.05, 4.69) is 19.2 Å². The maximum Gasteiger partial charge on any atom is 0.418 e. The van der Waals surface area contributed by atoms with Gasteiger partial charge in [0.05, 0.1) is 34.3 Å². The normalized spacial score (nSPS) is 12.5. The lowest BCUT2D eigenvalue weighted by molar-refractivity contribution is -0.144. The van der Waals surface area contributed by atoms with Crippen molar-refractivity contribution in [1.82, 2.24) is 9.55 Å². The average Bonchev–Trinajstić information content (AvgIpc) is 3.52. The fourth-order valence-electron chi connectivity index (χ4n) is 4.43. The Morgan fingerprint density at radius 3 is 2.50 bits per heavy atom. The fourth-order valence-corrected chi connectivity index (χ4v) is 5.72. The molecule has 2 aromatic carbocycles. The number of nitrogens with one attached hydrogen (secondary N) is 1. The minimum absolute atomic E-state index is 0.229. The largest absolute Gasteiger partial charge is 0.469 e. The van der Waals surface area contributed by atoms with E-state index in [1.54, 1.807) is 12.3 Å². The Morgan fingerprint density at radius 2 is 1.85 bits per heavy atom. The summed E-state index contributed by atoms with van der Waals surface area (Å²) in [6.45, 7) is 9.99. The van der Waals surface area contributed by atoms with Gasteiger partial charge in [-0.05, 0) is 56.9 Å². The van der Waals surface area contributed by atoms with E-state index >= 15 is 0 Å². The molecule has 40 heavy (non-hydrogen) atoms. The zero-order valence-electron chi connectivity index (χ0n) is 23.4. The number of anilines is 1. The summed E-state index contributed by atoms with van der Waals surface area (Å²) < 4.78 is 12.3. The molecule has 0 bridgehead atoms. The topological polar surface area (TPSA) is 82.5 Å². The number of para-hydroxylation sites is 1. The Bertz CT molecular complexity index is 1540. The lowest BCUT2D eigenvalue weighted by atomic mass is 9.97. The van der Waals surface area contributed by atoms with Crippen molar-refractivity contribution >= 4 is 62.6 Å². The zero-order chi connectivity index (χ0) is 29.2. The molecule has 4 rings (SSSR count). The number of fused-ring (bicyclic) bond motifs is 1. The predicted octanol–water partition coefficient (Wildman–Crippen LogP) is 8.42. The number of hydrogen-bond acceptors (Lipinski definition) is 7. The van der Waals surface area contributed by atoms with Crippen LogP contribution in [0.15, 0.2) is 48.7 Å². The molecule has 4 aromatic rings. The van der Waals surface area contributed by atoms with Crippen molar-refractivity contribution in [3.63, 3.8) is 0 Å². The van der Waals surface area contributed by atoms with Crippen LogP contribution in [-0.4, -0.2) is 40.9 Å². The number of rotatable bonds is 8. The fraction of sp³-hybridized carbons (Fsp3) is 0.367. The molecule has 0 spiro atoms. The molecular formula is C30H33Cl2N3O4S. The molecular weight excluding hydrogens is 569 g/mol. The minimum Gasteiger partial charge on any atom is -0.469 e. The zero-order valence-corrected chi connectivity index (χ0v) is 25.7. The van der Waals surface area contributed by atoms with Crippen LogP contribution in [0.2, 0.25) is 10.0 Å². The van der Waals surface area contributed by atoms with E-state index in [4.69, 9.17) is 37.7 Å². The maximum atomic E-state index is 12.9. The van der Waals surface area contributed by atoms with Gasteiger partial charge in [0.2, 0.25) is 0 Å². The second-order valence-corrected chi connectivity index (χ2v) is 12.7. The van der Waals surface area contributed by atoms with Crippen molar-refractivity contribution in [3.05, 3.63) is 69.1 Å². The van der Waals surface area contributed by atoms with Crippen molar-refractivity contribution in [2.75, 3.05) is 19.0 Å². The quantitative estimate of drug-likeness (QED) is 0.204. The third-order valence-electron chi connectivity index (χ3n) is 6.26. The molecule has 2 aromatic heterocycles. The van der Waals surface area contributed by atoms with E-state index in [9.17, 15) is 9.59 Å². The number of ether oxygens (including phenoxy) is 2. The molecule has 1 unspecified atom stereocenters. The molecule has 0 aliphatic heterocycles. The summed E-state index contributed by atoms with van der Waals surface area (Å²) in [6, 6.07) is 13.1. The highest BCUT2D eigenvalue weighted by atomic mass is 35.5. The third kappa shape index (κ3) is 6.79. The number of carbonyl (C=O) groups excluding carboxylic acids is 2. The Labute approximate surface area is 248 Å². The average molecular weight is 603 g/mol. The first-order chi connectivity index (χ1) is 18.9. The van der Waals surface area contributed by atoms with Gasteiger partial charge in [0.1, 0.15) is 5.60 Å². The van der Waals surface area contributed by atoms with Crippen LogP contribution in [-0.2, 0) is 20.7 Å². The number of nitrogens with zero attached hydrogens (tertiary/aromatic N) is 2. The molecule has 10 heteroatoms. The van der Waals surface area contributed by atoms with Gasteiger partial charge in [0, 0.05) is 28.6 Å². The Kier molecular flexibility index (Phi) is 9.12. The number of methoxy groups -OCH3 is 1. The molecule has 212 valence electrons. The van der Waals surface area contributed by atoms with Gasteiger partial charge in [-0.3, -0.25) is 9.36 Å². The first kappa shape index (κ1) is 29.9. The van der Waals surface area contributed by atoms with Gasteiger partial charge in [-0.15, -0.1) is 11.3 Å². The summed E-state index contributed by atoms with van der Waals surface area (Å²) in [7, 11) is 1.38. The molecule has 0 saturated carbocycles. The van der Waals surface area contributed by atoms with Crippen LogP contribution >= 0.6 is 34.5 Å². The Morgan fingerprint density at radius 1 is 1.10 bits per heavy atom. The molecule has 0 aliphatic carbocycles. The van der Waals surface area contributed by atoms with Crippen LogP contribution in [0.1, 0.15) is 51.0 Å². The van der Waals surface area contributed by atoms with Crippen LogP contribution in [0.4, 0.5) is 9.93 Å². The lowest BCUT2D eigenvalue weighted by Gasteiger charge is -2.21. The number of esters is 1. The predicted molar refractivity (Wildman–Crippen MR) is 163 cm³/mol. The number of benzene rings is 2. The van der Waals surface area contributed by atoms with E-state index in [1.165, 1.54) is 23.0 Å². The summed E-state index contributed by atoms with van der Waals surface area (Å²) >= 11 is 13.9. The van der Waals surface area contributed by atoms with Crippen molar-refractivity contribution in [2.45, 2.75) is 52.6 Å². The van der Waals surface area contributed by atoms with Gasteiger partial charge in [0.25, 0.3) is 0 Å². The third-order valence-corrected chi connectivity index (χ3v) is 8.31. The van der Waals surface area contributed by atoms with Crippen LogP contribution in [0.3, 0.4) is 0 Å². The lowest BCUT2D eigenvalue weighted by Crippen LogP contribution is -2.28. The SMILES string of the molecule is COC(=O)C(CNc1nc(-c2ccc(Cl)c(Cl)c2)c(C(C)C)s1)Cc1cccc2ccn(C(=O)OC(C)(C)C)c12. The Balaban J connectivity index is 1.61. The highest BCUT2D eigenvalue weighted by molar-refractivity contribution is 7.16. The summed E-state index contributed by atoms with van der Waals surface area (Å²) in [6.07, 6.45) is 1.58. The number of hydrogen-bond donors (Lipinski definition) is 1. The van der Waals surface area contributed by atoms with Gasteiger partial charge in [-0.25, -0.2) is 9.78 Å². The number of aromatic nitrogens is 2. The molecule has 0 radical (unpaired) electrons. The van der Waals surface area contributed by atoms with Gasteiger partial charge in [-0.2, -0.15) is 0 Å². The molecule has 0 fully saturated rings. The molecule has 7 nitrogen and oxygen atoms in total. The molecule has 0 saturated heterocycles. The van der Waals surface area contributed by atoms with E-state index in [0.717, 1.165) is 27.1 Å². The van der Waals surface area contributed by atoms with E-state index in [1.807, 2.05) is 57.2 Å². The maximum absolute atomic E-state index is 12.9. The van der Waals surface area contributed by atoms with E-state index in [-0.39, 0.29) is 11.9 Å². The van der Waals surface area contributed by atoms with Crippen LogP contribution in [0.25, 0.3) is 22.2 Å². The second-order valence-electron chi connectivity index (χ2n) is 10.8. The smallest absolute Gasteiger partial charge is 0.418 e. The molecule has 2 heterocycles. The number of thiazole rings is 1. The van der Waals surface area contributed by atoms with Crippen molar-refractivity contribution < 1.29 is 19.1 Å². The molecule has 0 aliphatic rings. The van der Waals surface area contributed by atoms with E-state index < -0.39 is 17.6 Å². The molecule has 0 amide bonds. The summed E-state index contributed by atoms with van der Waals surface area (Å²) in [5, 5.41) is 5.87. The van der Waals surface area contributed by atoms with Crippen LogP contribution in [0, 0.1) is 5.92 Å². The van der Waals surface area contributed by atoms with Crippen LogP contribution < -0.4 is 5.32 Å². The minimum atomic E-state index is -0.639. The van der Waals surface area contributed by atoms with Crippen LogP contribution in [0.5, 0.6) is 0 Å². The van der Waals surface area contributed by atoms with Gasteiger partial charge in [-0.1, -0.05) is 61.3 Å². The molecule has 1 atom stereocenters. The summed E-state index contributed by atoms with van der Waals surface area (Å²) in [4.78, 5) is 31.8. The summed E-state index contributed by atoms with van der Waals surface area (Å²) in [5.74, 6) is -0.658. The standard InChI is InChI=1S/C30H33Cl2N3O4S/c1-17(2)26-24(19-10-11-22(31)23(32)15-19)34-28(40-26)33-16-21(27(36)38-6)14-20-9-7-8-18-12-13-35(25(18)20)29(37)39-30(3,4)5/h7-13,15,17,21H,14,16H2,1-6H3,(H,33,34). The second kappa shape index (κ2) is 12.2. The Hall–Kier alpha value is -3.07. The highest BCUT2D eigenvalue weighted by Gasteiger charge is 2.25.